The second-order valence-corrected chi connectivity index (χ2v) is 6.46. The molecule has 4 nitrogen and oxygen atoms in total. The number of methoxy groups -OCH3 is 1. The van der Waals surface area contributed by atoms with Gasteiger partial charge in [-0.2, -0.15) is 0 Å². The Hall–Kier alpha value is -2.33. The largest absolute Gasteiger partial charge is 0.381 e. The van der Waals surface area contributed by atoms with Gasteiger partial charge in [-0.3, -0.25) is 4.79 Å². The second-order valence-electron chi connectivity index (χ2n) is 6.46. The van der Waals surface area contributed by atoms with Crippen molar-refractivity contribution in [3.63, 3.8) is 0 Å². The maximum absolute atomic E-state index is 12.3. The van der Waals surface area contributed by atoms with Crippen molar-refractivity contribution < 1.29 is 9.53 Å². The molecule has 2 aromatic rings. The first-order valence-electron chi connectivity index (χ1n) is 8.96. The number of anilines is 1. The van der Waals surface area contributed by atoms with E-state index >= 15 is 0 Å². The van der Waals surface area contributed by atoms with Crippen LogP contribution < -0.4 is 10.2 Å². The molecule has 0 spiro atoms. The molecule has 1 aliphatic heterocycles. The van der Waals surface area contributed by atoms with Crippen molar-refractivity contribution in [3.8, 4) is 0 Å². The lowest BCUT2D eigenvalue weighted by atomic mass is 10.1. The quantitative estimate of drug-likeness (QED) is 0.879. The average Bonchev–Trinajstić information content (AvgIpc) is 2.69. The Balaban J connectivity index is 1.49. The molecule has 4 heteroatoms. The Bertz CT molecular complexity index is 662. The molecule has 1 saturated heterocycles. The topological polar surface area (TPSA) is 41.6 Å². The summed E-state index contributed by atoms with van der Waals surface area (Å²) in [6.45, 7) is 2.65. The van der Waals surface area contributed by atoms with Gasteiger partial charge in [0.05, 0.1) is 6.10 Å². The molecule has 0 saturated carbocycles. The molecule has 1 N–H and O–H groups in total. The van der Waals surface area contributed by atoms with Crippen LogP contribution in [0.15, 0.2) is 54.6 Å². The van der Waals surface area contributed by atoms with Crippen molar-refractivity contribution in [1.82, 2.24) is 5.32 Å². The predicted molar refractivity (Wildman–Crippen MR) is 101 cm³/mol. The molecule has 3 rings (SSSR count). The number of benzene rings is 2. The number of carbonyl (C=O) groups is 1. The summed E-state index contributed by atoms with van der Waals surface area (Å²) in [5, 5.41) is 2.99. The lowest BCUT2D eigenvalue weighted by molar-refractivity contribution is 0.0819. The van der Waals surface area contributed by atoms with E-state index in [0.717, 1.165) is 32.4 Å². The molecule has 1 fully saturated rings. The maximum Gasteiger partial charge on any atom is 0.251 e. The smallest absolute Gasteiger partial charge is 0.251 e. The summed E-state index contributed by atoms with van der Waals surface area (Å²) in [5.74, 6) is -0.0134. The van der Waals surface area contributed by atoms with Gasteiger partial charge in [0.1, 0.15) is 0 Å². The number of rotatable bonds is 6. The van der Waals surface area contributed by atoms with Gasteiger partial charge in [-0.05, 0) is 49.1 Å². The Morgan fingerprint density at radius 1 is 1.08 bits per heavy atom. The van der Waals surface area contributed by atoms with Gasteiger partial charge in [0.25, 0.3) is 5.91 Å². The van der Waals surface area contributed by atoms with Gasteiger partial charge in [0, 0.05) is 38.0 Å². The fourth-order valence-corrected chi connectivity index (χ4v) is 3.24. The molecular weight excluding hydrogens is 312 g/mol. The molecule has 1 aliphatic rings. The Morgan fingerprint density at radius 3 is 2.40 bits per heavy atom. The van der Waals surface area contributed by atoms with E-state index in [4.69, 9.17) is 4.74 Å². The second kappa shape index (κ2) is 8.67. The molecule has 1 amide bonds. The zero-order valence-electron chi connectivity index (χ0n) is 14.8. The lowest BCUT2D eigenvalue weighted by Gasteiger charge is -2.33. The van der Waals surface area contributed by atoms with Gasteiger partial charge in [-0.25, -0.2) is 0 Å². The Labute approximate surface area is 149 Å². The van der Waals surface area contributed by atoms with Gasteiger partial charge in [-0.15, -0.1) is 0 Å². The van der Waals surface area contributed by atoms with Crippen LogP contribution in [0.4, 0.5) is 5.69 Å². The van der Waals surface area contributed by atoms with Gasteiger partial charge >= 0.3 is 0 Å². The molecule has 0 atom stereocenters. The van der Waals surface area contributed by atoms with Crippen molar-refractivity contribution in [2.45, 2.75) is 25.4 Å². The third-order valence-electron chi connectivity index (χ3n) is 4.81. The molecular formula is C21H26N2O2. The van der Waals surface area contributed by atoms with Crippen LogP contribution >= 0.6 is 0 Å². The highest BCUT2D eigenvalue weighted by atomic mass is 16.5. The molecule has 2 aromatic carbocycles. The van der Waals surface area contributed by atoms with E-state index in [1.165, 1.54) is 11.3 Å². The predicted octanol–water partition coefficient (Wildman–Crippen LogP) is 3.27. The summed E-state index contributed by atoms with van der Waals surface area (Å²) in [7, 11) is 1.78. The monoisotopic (exact) mass is 338 g/mol. The van der Waals surface area contributed by atoms with E-state index in [9.17, 15) is 4.79 Å². The maximum atomic E-state index is 12.3. The fourth-order valence-electron chi connectivity index (χ4n) is 3.24. The Morgan fingerprint density at radius 2 is 1.76 bits per heavy atom. The number of hydrogen-bond acceptors (Lipinski definition) is 3. The van der Waals surface area contributed by atoms with Crippen molar-refractivity contribution >= 4 is 11.6 Å². The van der Waals surface area contributed by atoms with Crippen LogP contribution in [-0.4, -0.2) is 38.8 Å². The summed E-state index contributed by atoms with van der Waals surface area (Å²) in [4.78, 5) is 14.6. The minimum Gasteiger partial charge on any atom is -0.381 e. The zero-order chi connectivity index (χ0) is 17.5. The van der Waals surface area contributed by atoms with Gasteiger partial charge in [0.2, 0.25) is 0 Å². The summed E-state index contributed by atoms with van der Waals surface area (Å²) >= 11 is 0. The van der Waals surface area contributed by atoms with Gasteiger partial charge < -0.3 is 15.0 Å². The first kappa shape index (κ1) is 17.5. The van der Waals surface area contributed by atoms with Crippen molar-refractivity contribution in [3.05, 3.63) is 65.7 Å². The van der Waals surface area contributed by atoms with Crippen LogP contribution in [0.1, 0.15) is 28.8 Å². The highest BCUT2D eigenvalue weighted by Crippen LogP contribution is 2.21. The molecule has 1 heterocycles. The molecule has 132 valence electrons. The van der Waals surface area contributed by atoms with E-state index < -0.39 is 0 Å². The fraction of sp³-hybridized carbons (Fsp3) is 0.381. The summed E-state index contributed by atoms with van der Waals surface area (Å²) in [5.41, 5.74) is 3.12. The van der Waals surface area contributed by atoms with E-state index in [1.807, 2.05) is 42.5 Å². The van der Waals surface area contributed by atoms with E-state index in [-0.39, 0.29) is 5.91 Å². The summed E-state index contributed by atoms with van der Waals surface area (Å²) in [6, 6.07) is 18.1. The highest BCUT2D eigenvalue weighted by molar-refractivity contribution is 5.94. The van der Waals surface area contributed by atoms with Crippen LogP contribution in [0.2, 0.25) is 0 Å². The summed E-state index contributed by atoms with van der Waals surface area (Å²) in [6.07, 6.45) is 3.33. The zero-order valence-corrected chi connectivity index (χ0v) is 14.8. The average molecular weight is 338 g/mol. The van der Waals surface area contributed by atoms with E-state index in [2.05, 4.69) is 22.3 Å². The molecule has 0 unspecified atom stereocenters. The van der Waals surface area contributed by atoms with Gasteiger partial charge in [-0.1, -0.05) is 30.3 Å². The third-order valence-corrected chi connectivity index (χ3v) is 4.81. The normalized spacial score (nSPS) is 15.2. The lowest BCUT2D eigenvalue weighted by Crippen LogP contribution is -2.36. The minimum atomic E-state index is -0.0134. The Kier molecular flexibility index (Phi) is 6.07. The number of piperidine rings is 1. The molecule has 0 bridgehead atoms. The first-order chi connectivity index (χ1) is 12.3. The number of carbonyl (C=O) groups excluding carboxylic acids is 1. The van der Waals surface area contributed by atoms with E-state index in [0.29, 0.717) is 18.2 Å². The number of amides is 1. The van der Waals surface area contributed by atoms with Crippen LogP contribution in [0, 0.1) is 0 Å². The number of nitrogens with one attached hydrogen (secondary N) is 1. The molecule has 25 heavy (non-hydrogen) atoms. The molecule has 0 aliphatic carbocycles. The van der Waals surface area contributed by atoms with Crippen LogP contribution in [0.3, 0.4) is 0 Å². The van der Waals surface area contributed by atoms with Crippen molar-refractivity contribution in [2.24, 2.45) is 0 Å². The molecule has 0 aromatic heterocycles. The van der Waals surface area contributed by atoms with Crippen LogP contribution in [0.5, 0.6) is 0 Å². The number of hydrogen-bond donors (Lipinski definition) is 1. The highest BCUT2D eigenvalue weighted by Gasteiger charge is 2.19. The molecule has 0 radical (unpaired) electrons. The van der Waals surface area contributed by atoms with E-state index in [1.54, 1.807) is 7.11 Å². The van der Waals surface area contributed by atoms with Crippen LogP contribution in [0.25, 0.3) is 0 Å². The van der Waals surface area contributed by atoms with Gasteiger partial charge in [0.15, 0.2) is 0 Å². The van der Waals surface area contributed by atoms with Crippen molar-refractivity contribution in [2.75, 3.05) is 31.6 Å². The number of ether oxygens (including phenoxy) is 1. The van der Waals surface area contributed by atoms with Crippen molar-refractivity contribution in [1.29, 1.82) is 0 Å². The third kappa shape index (κ3) is 4.83. The first-order valence-corrected chi connectivity index (χ1v) is 8.96. The van der Waals surface area contributed by atoms with Crippen LogP contribution in [-0.2, 0) is 11.2 Å². The minimum absolute atomic E-state index is 0.0134. The summed E-state index contributed by atoms with van der Waals surface area (Å²) < 4.78 is 5.42. The number of nitrogens with zero attached hydrogens (tertiary/aromatic N) is 1. The SMILES string of the molecule is COC1CCN(c2ccc(C(=O)NCCc3ccccc3)cc2)CC1. The standard InChI is InChI=1S/C21H26N2O2/c1-25-20-12-15-23(16-13-20)19-9-7-18(8-10-19)21(24)22-14-11-17-5-3-2-4-6-17/h2-10,20H,11-16H2,1H3,(H,22,24).